The lowest BCUT2D eigenvalue weighted by Gasteiger charge is -2.08. The van der Waals surface area contributed by atoms with E-state index >= 15 is 0 Å². The topological polar surface area (TPSA) is 31.0 Å². The largest absolute Gasteiger partial charge is 0.376 e. The summed E-state index contributed by atoms with van der Waals surface area (Å²) in [4.78, 5) is 0. The van der Waals surface area contributed by atoms with Gasteiger partial charge in [0.1, 0.15) is 6.10 Å². The summed E-state index contributed by atoms with van der Waals surface area (Å²) < 4.78 is 15.8. The van der Waals surface area contributed by atoms with Gasteiger partial charge in [-0.1, -0.05) is 0 Å². The summed E-state index contributed by atoms with van der Waals surface area (Å²) in [6, 6.07) is 0. The van der Waals surface area contributed by atoms with Gasteiger partial charge in [0, 0.05) is 6.61 Å². The Bertz CT molecular complexity index is 117. The van der Waals surface area contributed by atoms with Crippen molar-refractivity contribution in [2.75, 3.05) is 26.4 Å². The molecular weight excluding hydrogens is 144 g/mol. The van der Waals surface area contributed by atoms with Crippen molar-refractivity contribution in [1.82, 2.24) is 0 Å². The zero-order valence-corrected chi connectivity index (χ0v) is 6.62. The van der Waals surface area contributed by atoms with Crippen LogP contribution in [-0.2, 0) is 14.2 Å². The van der Waals surface area contributed by atoms with Gasteiger partial charge in [0.15, 0.2) is 0 Å². The average Bonchev–Trinajstić information content (AvgIpc) is 2.66. The summed E-state index contributed by atoms with van der Waals surface area (Å²) in [6.07, 6.45) is 3.09. The van der Waals surface area contributed by atoms with E-state index in [-0.39, 0.29) is 0 Å². The van der Waals surface area contributed by atoms with E-state index in [1.165, 1.54) is 6.42 Å². The van der Waals surface area contributed by atoms with E-state index in [1.54, 1.807) is 0 Å². The van der Waals surface area contributed by atoms with Gasteiger partial charge in [-0.15, -0.1) is 0 Å². The fraction of sp³-hybridized carbons (Fsp3) is 1.00. The summed E-state index contributed by atoms with van der Waals surface area (Å²) in [5, 5.41) is 0. The smallest absolute Gasteiger partial charge is 0.104 e. The molecule has 0 aromatic rings. The first-order chi connectivity index (χ1) is 5.45. The quantitative estimate of drug-likeness (QED) is 0.561. The Morgan fingerprint density at radius 1 is 1.18 bits per heavy atom. The van der Waals surface area contributed by atoms with Crippen LogP contribution in [0.2, 0.25) is 0 Å². The van der Waals surface area contributed by atoms with Crippen LogP contribution in [0.15, 0.2) is 0 Å². The van der Waals surface area contributed by atoms with Crippen LogP contribution < -0.4 is 0 Å². The molecule has 0 radical (unpaired) electrons. The highest BCUT2D eigenvalue weighted by Gasteiger charge is 2.23. The van der Waals surface area contributed by atoms with Crippen LogP contribution in [-0.4, -0.2) is 38.6 Å². The molecule has 0 amide bonds. The van der Waals surface area contributed by atoms with Gasteiger partial charge in [-0.3, -0.25) is 0 Å². The fourth-order valence-corrected chi connectivity index (χ4v) is 1.27. The third-order valence-electron chi connectivity index (χ3n) is 2.03. The van der Waals surface area contributed by atoms with Crippen LogP contribution in [0.25, 0.3) is 0 Å². The monoisotopic (exact) mass is 158 g/mol. The lowest BCUT2D eigenvalue weighted by Crippen LogP contribution is -2.16. The van der Waals surface area contributed by atoms with E-state index in [4.69, 9.17) is 14.2 Å². The Labute approximate surface area is 66.6 Å². The van der Waals surface area contributed by atoms with E-state index in [2.05, 4.69) is 0 Å². The Morgan fingerprint density at radius 2 is 2.00 bits per heavy atom. The van der Waals surface area contributed by atoms with Crippen LogP contribution in [0.3, 0.4) is 0 Å². The highest BCUT2D eigenvalue weighted by Crippen LogP contribution is 2.13. The van der Waals surface area contributed by atoms with Crippen molar-refractivity contribution in [2.45, 2.75) is 25.0 Å². The standard InChI is InChI=1S/C8H14O3/c1-2-7(10-3-1)4-9-5-8-6-11-8/h7-8H,1-6H2/t7?,8-/m0/s1. The Hall–Kier alpha value is -0.120. The molecule has 3 nitrogen and oxygen atoms in total. The first-order valence-electron chi connectivity index (χ1n) is 4.26. The zero-order valence-electron chi connectivity index (χ0n) is 6.62. The maximum atomic E-state index is 5.39. The van der Waals surface area contributed by atoms with Crippen molar-refractivity contribution in [1.29, 1.82) is 0 Å². The minimum Gasteiger partial charge on any atom is -0.376 e. The molecule has 2 atom stereocenters. The molecule has 0 N–H and O–H groups in total. The van der Waals surface area contributed by atoms with Crippen LogP contribution in [0.4, 0.5) is 0 Å². The molecule has 11 heavy (non-hydrogen) atoms. The van der Waals surface area contributed by atoms with E-state index < -0.39 is 0 Å². The predicted molar refractivity (Wildman–Crippen MR) is 39.5 cm³/mol. The van der Waals surface area contributed by atoms with E-state index in [0.29, 0.717) is 12.2 Å². The third-order valence-corrected chi connectivity index (χ3v) is 2.03. The second-order valence-electron chi connectivity index (χ2n) is 3.13. The van der Waals surface area contributed by atoms with Gasteiger partial charge in [0.2, 0.25) is 0 Å². The molecule has 0 saturated carbocycles. The predicted octanol–water partition coefficient (Wildman–Crippen LogP) is 0.581. The summed E-state index contributed by atoms with van der Waals surface area (Å²) >= 11 is 0. The molecule has 0 aliphatic carbocycles. The van der Waals surface area contributed by atoms with Crippen molar-refractivity contribution in [2.24, 2.45) is 0 Å². The summed E-state index contributed by atoms with van der Waals surface area (Å²) in [5.74, 6) is 0. The fourth-order valence-electron chi connectivity index (χ4n) is 1.27. The molecule has 64 valence electrons. The average molecular weight is 158 g/mol. The van der Waals surface area contributed by atoms with Crippen LogP contribution in [0.5, 0.6) is 0 Å². The van der Waals surface area contributed by atoms with Gasteiger partial charge in [-0.25, -0.2) is 0 Å². The Morgan fingerprint density at radius 3 is 2.64 bits per heavy atom. The SMILES string of the molecule is C1COC(COC[C@H]2CO2)C1. The molecular formula is C8H14O3. The van der Waals surface area contributed by atoms with Gasteiger partial charge < -0.3 is 14.2 Å². The van der Waals surface area contributed by atoms with Gasteiger partial charge in [0.05, 0.1) is 25.9 Å². The molecule has 0 aromatic carbocycles. The molecule has 0 aromatic heterocycles. The van der Waals surface area contributed by atoms with Crippen molar-refractivity contribution < 1.29 is 14.2 Å². The van der Waals surface area contributed by atoms with E-state index in [9.17, 15) is 0 Å². The highest BCUT2D eigenvalue weighted by molar-refractivity contribution is 4.69. The van der Waals surface area contributed by atoms with Crippen molar-refractivity contribution in [3.05, 3.63) is 0 Å². The molecule has 2 aliphatic rings. The lowest BCUT2D eigenvalue weighted by atomic mass is 10.2. The third kappa shape index (κ3) is 2.43. The maximum absolute atomic E-state index is 5.39. The van der Waals surface area contributed by atoms with Crippen molar-refractivity contribution >= 4 is 0 Å². The first kappa shape index (κ1) is 7.53. The van der Waals surface area contributed by atoms with E-state index in [0.717, 1.165) is 32.8 Å². The minimum absolute atomic E-state index is 0.355. The molecule has 2 rings (SSSR count). The minimum atomic E-state index is 0.355. The summed E-state index contributed by atoms with van der Waals surface area (Å²) in [6.45, 7) is 3.29. The van der Waals surface area contributed by atoms with Crippen LogP contribution in [0, 0.1) is 0 Å². The molecule has 2 fully saturated rings. The lowest BCUT2D eigenvalue weighted by molar-refractivity contribution is 0.0126. The summed E-state index contributed by atoms with van der Waals surface area (Å²) in [5.41, 5.74) is 0. The summed E-state index contributed by atoms with van der Waals surface area (Å²) in [7, 11) is 0. The Balaban J connectivity index is 1.51. The molecule has 3 heteroatoms. The number of ether oxygens (including phenoxy) is 3. The van der Waals surface area contributed by atoms with Crippen LogP contribution >= 0.6 is 0 Å². The molecule has 2 aliphatic heterocycles. The molecule has 2 heterocycles. The number of epoxide rings is 1. The van der Waals surface area contributed by atoms with Gasteiger partial charge in [-0.05, 0) is 12.8 Å². The second kappa shape index (κ2) is 3.52. The Kier molecular flexibility index (Phi) is 2.41. The molecule has 0 bridgehead atoms. The number of hydrogen-bond donors (Lipinski definition) is 0. The molecule has 0 spiro atoms. The van der Waals surface area contributed by atoms with Gasteiger partial charge >= 0.3 is 0 Å². The molecule has 2 saturated heterocycles. The van der Waals surface area contributed by atoms with Gasteiger partial charge in [-0.2, -0.15) is 0 Å². The highest BCUT2D eigenvalue weighted by atomic mass is 16.6. The van der Waals surface area contributed by atoms with Crippen molar-refractivity contribution in [3.63, 3.8) is 0 Å². The zero-order chi connectivity index (χ0) is 7.52. The molecule has 1 unspecified atom stereocenters. The van der Waals surface area contributed by atoms with Crippen LogP contribution in [0.1, 0.15) is 12.8 Å². The number of rotatable bonds is 4. The number of hydrogen-bond acceptors (Lipinski definition) is 3. The first-order valence-corrected chi connectivity index (χ1v) is 4.26. The van der Waals surface area contributed by atoms with E-state index in [1.807, 2.05) is 0 Å². The normalized spacial score (nSPS) is 36.0. The second-order valence-corrected chi connectivity index (χ2v) is 3.13. The van der Waals surface area contributed by atoms with Crippen molar-refractivity contribution in [3.8, 4) is 0 Å². The van der Waals surface area contributed by atoms with Gasteiger partial charge in [0.25, 0.3) is 0 Å². The maximum Gasteiger partial charge on any atom is 0.104 e.